The van der Waals surface area contributed by atoms with Gasteiger partial charge >= 0.3 is 0 Å². The van der Waals surface area contributed by atoms with E-state index in [1.807, 2.05) is 6.07 Å². The third kappa shape index (κ3) is 2.93. The lowest BCUT2D eigenvalue weighted by Gasteiger charge is -2.21. The molecular formula is C11H16FN3O. The molecule has 0 aliphatic heterocycles. The largest absolute Gasteiger partial charge is 0.368 e. The number of para-hydroxylation sites is 1. The Hall–Kier alpha value is -1.62. The van der Waals surface area contributed by atoms with Crippen LogP contribution in [0.25, 0.3) is 0 Å². The number of primary amides is 1. The average molecular weight is 225 g/mol. The Balaban J connectivity index is 3.03. The summed E-state index contributed by atoms with van der Waals surface area (Å²) in [5.74, 6) is -0.835. The van der Waals surface area contributed by atoms with Gasteiger partial charge in [-0.2, -0.15) is 0 Å². The minimum Gasteiger partial charge on any atom is -0.368 e. The molecule has 0 aliphatic rings. The molecule has 1 aromatic carbocycles. The summed E-state index contributed by atoms with van der Waals surface area (Å²) in [7, 11) is 3.42. The van der Waals surface area contributed by atoms with Gasteiger partial charge < -0.3 is 16.0 Å². The molecule has 3 N–H and O–H groups in total. The number of anilines is 1. The van der Waals surface area contributed by atoms with Gasteiger partial charge in [0.25, 0.3) is 0 Å². The van der Waals surface area contributed by atoms with E-state index in [0.29, 0.717) is 12.2 Å². The summed E-state index contributed by atoms with van der Waals surface area (Å²) in [6.07, 6.45) is 0. The molecule has 0 aliphatic carbocycles. The highest BCUT2D eigenvalue weighted by atomic mass is 19.1. The quantitative estimate of drug-likeness (QED) is 0.765. The zero-order valence-electron chi connectivity index (χ0n) is 9.46. The van der Waals surface area contributed by atoms with Gasteiger partial charge in [-0.25, -0.2) is 4.39 Å². The Labute approximate surface area is 94.2 Å². The number of carbonyl (C=O) groups is 1. The summed E-state index contributed by atoms with van der Waals surface area (Å²) in [5, 5.41) is 2.95. The van der Waals surface area contributed by atoms with Crippen LogP contribution in [0.4, 0.5) is 10.1 Å². The number of benzene rings is 1. The number of hydrogen-bond acceptors (Lipinski definition) is 3. The van der Waals surface area contributed by atoms with E-state index in [1.165, 1.54) is 11.0 Å². The predicted molar refractivity (Wildman–Crippen MR) is 61.6 cm³/mol. The van der Waals surface area contributed by atoms with Crippen LogP contribution in [-0.4, -0.2) is 26.5 Å². The van der Waals surface area contributed by atoms with Gasteiger partial charge in [0, 0.05) is 13.6 Å². The second-order valence-corrected chi connectivity index (χ2v) is 3.60. The molecule has 0 saturated heterocycles. The predicted octanol–water partition coefficient (Wildman–Crippen LogP) is 0.467. The van der Waals surface area contributed by atoms with Crippen LogP contribution >= 0.6 is 0 Å². The van der Waals surface area contributed by atoms with Gasteiger partial charge in [-0.1, -0.05) is 12.1 Å². The number of nitrogens with one attached hydrogen (secondary N) is 1. The Morgan fingerprint density at radius 2 is 2.25 bits per heavy atom. The number of amides is 1. The number of carbonyl (C=O) groups excluding carboxylic acids is 1. The molecule has 1 rings (SSSR count). The number of halogens is 1. The maximum Gasteiger partial charge on any atom is 0.236 e. The SMILES string of the molecule is CNCc1cccc(F)c1N(C)CC(N)=O. The number of likely N-dealkylation sites (N-methyl/N-ethyl adjacent to an activating group) is 1. The summed E-state index contributed by atoms with van der Waals surface area (Å²) in [5.41, 5.74) is 6.30. The second kappa shape index (κ2) is 5.46. The van der Waals surface area contributed by atoms with E-state index in [9.17, 15) is 9.18 Å². The molecule has 0 saturated carbocycles. The molecule has 4 nitrogen and oxygen atoms in total. The molecule has 0 atom stereocenters. The van der Waals surface area contributed by atoms with E-state index in [0.717, 1.165) is 5.56 Å². The molecule has 1 aromatic rings. The lowest BCUT2D eigenvalue weighted by molar-refractivity contribution is -0.116. The van der Waals surface area contributed by atoms with Crippen molar-refractivity contribution >= 4 is 11.6 Å². The van der Waals surface area contributed by atoms with Crippen LogP contribution in [0.3, 0.4) is 0 Å². The van der Waals surface area contributed by atoms with Crippen LogP contribution in [-0.2, 0) is 11.3 Å². The molecule has 16 heavy (non-hydrogen) atoms. The molecule has 5 heteroatoms. The van der Waals surface area contributed by atoms with E-state index < -0.39 is 5.91 Å². The zero-order valence-corrected chi connectivity index (χ0v) is 9.46. The Morgan fingerprint density at radius 1 is 1.56 bits per heavy atom. The van der Waals surface area contributed by atoms with Crippen molar-refractivity contribution in [1.82, 2.24) is 5.32 Å². The molecule has 0 bridgehead atoms. The molecule has 0 fully saturated rings. The summed E-state index contributed by atoms with van der Waals surface area (Å²) in [6, 6.07) is 4.82. The van der Waals surface area contributed by atoms with Crippen molar-refractivity contribution in [2.45, 2.75) is 6.54 Å². The summed E-state index contributed by atoms with van der Waals surface area (Å²) in [4.78, 5) is 12.3. The van der Waals surface area contributed by atoms with Gasteiger partial charge in [0.05, 0.1) is 12.2 Å². The molecule has 0 heterocycles. The van der Waals surface area contributed by atoms with Crippen LogP contribution in [0.15, 0.2) is 18.2 Å². The van der Waals surface area contributed by atoms with Crippen LogP contribution < -0.4 is 16.0 Å². The number of rotatable bonds is 5. The van der Waals surface area contributed by atoms with Crippen LogP contribution in [0, 0.1) is 5.82 Å². The van der Waals surface area contributed by atoms with E-state index in [1.54, 1.807) is 20.2 Å². The van der Waals surface area contributed by atoms with Crippen molar-refractivity contribution in [1.29, 1.82) is 0 Å². The lowest BCUT2D eigenvalue weighted by Crippen LogP contribution is -2.32. The van der Waals surface area contributed by atoms with E-state index in [-0.39, 0.29) is 12.4 Å². The fourth-order valence-corrected chi connectivity index (χ4v) is 1.63. The van der Waals surface area contributed by atoms with Crippen molar-refractivity contribution in [3.63, 3.8) is 0 Å². The zero-order chi connectivity index (χ0) is 12.1. The van der Waals surface area contributed by atoms with E-state index in [4.69, 9.17) is 5.73 Å². The topological polar surface area (TPSA) is 58.4 Å². The standard InChI is InChI=1S/C11H16FN3O/c1-14-6-8-4-3-5-9(12)11(8)15(2)7-10(13)16/h3-5,14H,6-7H2,1-2H3,(H2,13,16). The van der Waals surface area contributed by atoms with Crippen molar-refractivity contribution in [3.05, 3.63) is 29.6 Å². The van der Waals surface area contributed by atoms with Crippen molar-refractivity contribution in [2.75, 3.05) is 25.5 Å². The minimum absolute atomic E-state index is 0.00233. The molecule has 0 spiro atoms. The Morgan fingerprint density at radius 3 is 2.81 bits per heavy atom. The smallest absolute Gasteiger partial charge is 0.236 e. The molecule has 0 radical (unpaired) electrons. The van der Waals surface area contributed by atoms with Crippen LogP contribution in [0.1, 0.15) is 5.56 Å². The number of hydrogen-bond donors (Lipinski definition) is 2. The van der Waals surface area contributed by atoms with Crippen molar-refractivity contribution < 1.29 is 9.18 Å². The van der Waals surface area contributed by atoms with Gasteiger partial charge in [-0.05, 0) is 18.7 Å². The fourth-order valence-electron chi connectivity index (χ4n) is 1.63. The van der Waals surface area contributed by atoms with Crippen LogP contribution in [0.5, 0.6) is 0 Å². The van der Waals surface area contributed by atoms with Crippen molar-refractivity contribution in [2.24, 2.45) is 5.73 Å². The normalized spacial score (nSPS) is 10.2. The molecule has 1 amide bonds. The highest BCUT2D eigenvalue weighted by Crippen LogP contribution is 2.23. The highest BCUT2D eigenvalue weighted by Gasteiger charge is 2.13. The molecular weight excluding hydrogens is 209 g/mol. The van der Waals surface area contributed by atoms with E-state index >= 15 is 0 Å². The lowest BCUT2D eigenvalue weighted by atomic mass is 10.1. The summed E-state index contributed by atoms with van der Waals surface area (Å²) >= 11 is 0. The van der Waals surface area contributed by atoms with Gasteiger partial charge in [0.15, 0.2) is 0 Å². The van der Waals surface area contributed by atoms with Gasteiger partial charge in [-0.3, -0.25) is 4.79 Å². The monoisotopic (exact) mass is 225 g/mol. The summed E-state index contributed by atoms with van der Waals surface area (Å²) in [6.45, 7) is 0.536. The first-order valence-corrected chi connectivity index (χ1v) is 4.97. The summed E-state index contributed by atoms with van der Waals surface area (Å²) < 4.78 is 13.7. The molecule has 0 unspecified atom stereocenters. The van der Waals surface area contributed by atoms with E-state index in [2.05, 4.69) is 5.32 Å². The fraction of sp³-hybridized carbons (Fsp3) is 0.364. The first-order valence-electron chi connectivity index (χ1n) is 4.97. The minimum atomic E-state index is -0.485. The number of nitrogens with zero attached hydrogens (tertiary/aromatic N) is 1. The average Bonchev–Trinajstić information content (AvgIpc) is 2.16. The van der Waals surface area contributed by atoms with Gasteiger partial charge in [0.2, 0.25) is 5.91 Å². The Kier molecular flexibility index (Phi) is 4.25. The maximum atomic E-state index is 13.7. The third-order valence-corrected chi connectivity index (χ3v) is 2.21. The van der Waals surface area contributed by atoms with Crippen LogP contribution in [0.2, 0.25) is 0 Å². The maximum absolute atomic E-state index is 13.7. The first kappa shape index (κ1) is 12.4. The highest BCUT2D eigenvalue weighted by molar-refractivity contribution is 5.79. The van der Waals surface area contributed by atoms with Crippen molar-refractivity contribution in [3.8, 4) is 0 Å². The molecule has 0 aromatic heterocycles. The van der Waals surface area contributed by atoms with Gasteiger partial charge in [-0.15, -0.1) is 0 Å². The number of nitrogens with two attached hydrogens (primary N) is 1. The third-order valence-electron chi connectivity index (χ3n) is 2.21. The molecule has 88 valence electrons. The Bertz CT molecular complexity index is 381. The second-order valence-electron chi connectivity index (χ2n) is 3.60. The first-order chi connectivity index (χ1) is 7.56. The van der Waals surface area contributed by atoms with Gasteiger partial charge in [0.1, 0.15) is 5.82 Å².